The van der Waals surface area contributed by atoms with Gasteiger partial charge in [-0.1, -0.05) is 60.1 Å². The number of hydrogen-bond donors (Lipinski definition) is 0. The molecular weight excluding hydrogens is 280 g/mol. The van der Waals surface area contributed by atoms with E-state index in [4.69, 9.17) is 16.6 Å². The number of para-hydroxylation sites is 2. The van der Waals surface area contributed by atoms with E-state index in [-0.39, 0.29) is 0 Å². The van der Waals surface area contributed by atoms with E-state index < -0.39 is 0 Å². The van der Waals surface area contributed by atoms with Crippen LogP contribution in [0.4, 0.5) is 0 Å². The first-order valence-electron chi connectivity index (χ1n) is 6.73. The van der Waals surface area contributed by atoms with Crippen LogP contribution in [-0.4, -0.2) is 9.97 Å². The van der Waals surface area contributed by atoms with Gasteiger partial charge in [0.2, 0.25) is 0 Å². The van der Waals surface area contributed by atoms with Crippen LogP contribution in [0.1, 0.15) is 0 Å². The Labute approximate surface area is 127 Å². The zero-order valence-corrected chi connectivity index (χ0v) is 11.9. The summed E-state index contributed by atoms with van der Waals surface area (Å²) in [5.41, 5.74) is 5.49. The van der Waals surface area contributed by atoms with Crippen LogP contribution in [-0.2, 0) is 0 Å². The predicted octanol–water partition coefficient (Wildman–Crippen LogP) is 5.10. The van der Waals surface area contributed by atoms with E-state index in [2.05, 4.69) is 17.1 Å². The highest BCUT2D eigenvalue weighted by Gasteiger charge is 2.10. The Morgan fingerprint density at radius 3 is 1.95 bits per heavy atom. The molecule has 2 nitrogen and oxygen atoms in total. The Morgan fingerprint density at radius 1 is 0.619 bits per heavy atom. The van der Waals surface area contributed by atoms with Gasteiger partial charge in [0.15, 0.2) is 0 Å². The minimum absolute atomic E-state index is 0.628. The highest BCUT2D eigenvalue weighted by atomic mass is 35.5. The maximum atomic E-state index is 6.31. The maximum absolute atomic E-state index is 6.31. The smallest absolute Gasteiger partial charge is 0.109 e. The van der Waals surface area contributed by atoms with E-state index in [1.807, 2.05) is 54.6 Å². The Kier molecular flexibility index (Phi) is 2.83. The highest BCUT2D eigenvalue weighted by molar-refractivity contribution is 6.35. The van der Waals surface area contributed by atoms with Crippen LogP contribution in [0.2, 0.25) is 5.02 Å². The number of rotatable bonds is 1. The predicted molar refractivity (Wildman–Crippen MR) is 87.5 cm³/mol. The third-order valence-electron chi connectivity index (χ3n) is 3.53. The zero-order chi connectivity index (χ0) is 14.2. The molecule has 0 aliphatic rings. The third kappa shape index (κ3) is 2.05. The average molecular weight is 291 g/mol. The fourth-order valence-electron chi connectivity index (χ4n) is 2.52. The van der Waals surface area contributed by atoms with E-state index in [0.29, 0.717) is 5.02 Å². The molecule has 0 spiro atoms. The molecule has 0 fully saturated rings. The molecule has 0 N–H and O–H groups in total. The first kappa shape index (κ1) is 12.3. The third-order valence-corrected chi connectivity index (χ3v) is 3.84. The van der Waals surface area contributed by atoms with Crippen molar-refractivity contribution < 1.29 is 0 Å². The lowest BCUT2D eigenvalue weighted by atomic mass is 10.0. The molecule has 1 heterocycles. The molecular formula is C18H11ClN2. The summed E-state index contributed by atoms with van der Waals surface area (Å²) in [6.07, 6.45) is 0. The lowest BCUT2D eigenvalue weighted by Gasteiger charge is -2.08. The van der Waals surface area contributed by atoms with E-state index in [1.54, 1.807) is 0 Å². The zero-order valence-electron chi connectivity index (χ0n) is 11.1. The number of hydrogen-bond acceptors (Lipinski definition) is 2. The van der Waals surface area contributed by atoms with Gasteiger partial charge in [0.05, 0.1) is 21.6 Å². The number of benzene rings is 3. The summed E-state index contributed by atoms with van der Waals surface area (Å²) in [6.45, 7) is 0. The van der Waals surface area contributed by atoms with Crippen molar-refractivity contribution in [2.24, 2.45) is 0 Å². The van der Waals surface area contributed by atoms with Crippen LogP contribution in [0.3, 0.4) is 0 Å². The quantitative estimate of drug-likeness (QED) is 0.456. The van der Waals surface area contributed by atoms with Crippen LogP contribution >= 0.6 is 11.6 Å². The van der Waals surface area contributed by atoms with Crippen molar-refractivity contribution in [1.29, 1.82) is 0 Å². The second-order valence-corrected chi connectivity index (χ2v) is 5.28. The normalized spacial score (nSPS) is 11.1. The molecule has 0 bridgehead atoms. The van der Waals surface area contributed by atoms with Crippen LogP contribution in [0, 0.1) is 0 Å². The SMILES string of the molecule is Clc1ccc(-c2ccccc2)c2nc3ccccc3nc12. The van der Waals surface area contributed by atoms with E-state index in [0.717, 1.165) is 33.2 Å². The summed E-state index contributed by atoms with van der Waals surface area (Å²) < 4.78 is 0. The number of nitrogens with zero attached hydrogens (tertiary/aromatic N) is 2. The number of aromatic nitrogens is 2. The summed E-state index contributed by atoms with van der Waals surface area (Å²) in [6, 6.07) is 21.9. The molecule has 1 aromatic heterocycles. The summed E-state index contributed by atoms with van der Waals surface area (Å²) in [5.74, 6) is 0. The standard InChI is InChI=1S/C18H11ClN2/c19-14-11-10-13(12-6-2-1-3-7-12)17-18(14)21-16-9-5-4-8-15(16)20-17/h1-11H. The minimum atomic E-state index is 0.628. The van der Waals surface area contributed by atoms with Gasteiger partial charge in [0.1, 0.15) is 5.52 Å². The summed E-state index contributed by atoms with van der Waals surface area (Å²) in [4.78, 5) is 9.44. The molecule has 4 rings (SSSR count). The Balaban J connectivity index is 2.13. The topological polar surface area (TPSA) is 25.8 Å². The molecule has 0 saturated heterocycles. The monoisotopic (exact) mass is 290 g/mol. The molecule has 0 saturated carbocycles. The van der Waals surface area contributed by atoms with Crippen LogP contribution in [0.25, 0.3) is 33.2 Å². The van der Waals surface area contributed by atoms with Crippen molar-refractivity contribution in [2.75, 3.05) is 0 Å². The van der Waals surface area contributed by atoms with Gasteiger partial charge in [-0.25, -0.2) is 9.97 Å². The van der Waals surface area contributed by atoms with Gasteiger partial charge < -0.3 is 0 Å². The summed E-state index contributed by atoms with van der Waals surface area (Å²) >= 11 is 6.31. The van der Waals surface area contributed by atoms with Gasteiger partial charge in [0, 0.05) is 5.56 Å². The average Bonchev–Trinajstić information content (AvgIpc) is 2.55. The van der Waals surface area contributed by atoms with Gasteiger partial charge in [0.25, 0.3) is 0 Å². The second kappa shape index (κ2) is 4.83. The molecule has 0 atom stereocenters. The van der Waals surface area contributed by atoms with E-state index in [1.165, 1.54) is 0 Å². The molecule has 100 valence electrons. The fourth-order valence-corrected chi connectivity index (χ4v) is 2.71. The largest absolute Gasteiger partial charge is 0.244 e. The Hall–Kier alpha value is -2.45. The number of halogens is 1. The lowest BCUT2D eigenvalue weighted by molar-refractivity contribution is 1.39. The van der Waals surface area contributed by atoms with Gasteiger partial charge in [-0.15, -0.1) is 0 Å². The van der Waals surface area contributed by atoms with Crippen molar-refractivity contribution in [3.05, 3.63) is 71.8 Å². The molecule has 0 aliphatic carbocycles. The molecule has 21 heavy (non-hydrogen) atoms. The van der Waals surface area contributed by atoms with Crippen molar-refractivity contribution in [3.63, 3.8) is 0 Å². The van der Waals surface area contributed by atoms with Gasteiger partial charge in [-0.2, -0.15) is 0 Å². The first-order chi connectivity index (χ1) is 10.3. The van der Waals surface area contributed by atoms with Crippen molar-refractivity contribution in [3.8, 4) is 11.1 Å². The lowest BCUT2D eigenvalue weighted by Crippen LogP contribution is -1.91. The number of fused-ring (bicyclic) bond motifs is 2. The first-order valence-corrected chi connectivity index (χ1v) is 7.11. The van der Waals surface area contributed by atoms with Gasteiger partial charge in [-0.05, 0) is 23.8 Å². The summed E-state index contributed by atoms with van der Waals surface area (Å²) in [7, 11) is 0. The minimum Gasteiger partial charge on any atom is -0.244 e. The molecule has 0 unspecified atom stereocenters. The molecule has 0 radical (unpaired) electrons. The Bertz CT molecular complexity index is 949. The van der Waals surface area contributed by atoms with E-state index in [9.17, 15) is 0 Å². The molecule has 4 aromatic rings. The highest BCUT2D eigenvalue weighted by Crippen LogP contribution is 2.31. The molecule has 3 heteroatoms. The second-order valence-electron chi connectivity index (χ2n) is 4.87. The summed E-state index contributed by atoms with van der Waals surface area (Å²) in [5, 5.41) is 0.628. The van der Waals surface area contributed by atoms with Gasteiger partial charge in [-0.3, -0.25) is 0 Å². The van der Waals surface area contributed by atoms with Gasteiger partial charge >= 0.3 is 0 Å². The van der Waals surface area contributed by atoms with Crippen molar-refractivity contribution >= 4 is 33.7 Å². The fraction of sp³-hybridized carbons (Fsp3) is 0. The Morgan fingerprint density at radius 2 is 1.24 bits per heavy atom. The molecule has 0 amide bonds. The molecule has 0 aliphatic heterocycles. The van der Waals surface area contributed by atoms with Crippen LogP contribution in [0.5, 0.6) is 0 Å². The van der Waals surface area contributed by atoms with Crippen LogP contribution < -0.4 is 0 Å². The van der Waals surface area contributed by atoms with Crippen molar-refractivity contribution in [1.82, 2.24) is 9.97 Å². The van der Waals surface area contributed by atoms with E-state index >= 15 is 0 Å². The maximum Gasteiger partial charge on any atom is 0.109 e. The molecule has 3 aromatic carbocycles. The van der Waals surface area contributed by atoms with Crippen LogP contribution in [0.15, 0.2) is 66.7 Å². The van der Waals surface area contributed by atoms with Crippen molar-refractivity contribution in [2.45, 2.75) is 0 Å².